The van der Waals surface area contributed by atoms with Crippen molar-refractivity contribution in [2.45, 2.75) is 6.42 Å². The summed E-state index contributed by atoms with van der Waals surface area (Å²) in [6.45, 7) is 1.79. The molecule has 76 valence electrons. The van der Waals surface area contributed by atoms with Gasteiger partial charge in [-0.3, -0.25) is 4.79 Å². The van der Waals surface area contributed by atoms with Crippen molar-refractivity contribution in [2.75, 3.05) is 24.6 Å². The first kappa shape index (κ1) is 9.98. The second kappa shape index (κ2) is 4.79. The van der Waals surface area contributed by atoms with Crippen molar-refractivity contribution in [2.24, 2.45) is 0 Å². The number of thiazole rings is 1. The molecule has 1 aliphatic heterocycles. The molecule has 2 rings (SSSR count). The SMILES string of the molecule is O=C(Cc1cscn1)N1CCSCC1. The molecule has 0 aromatic carbocycles. The van der Waals surface area contributed by atoms with Crippen molar-refractivity contribution in [3.8, 4) is 0 Å². The van der Waals surface area contributed by atoms with Crippen LogP contribution in [0.4, 0.5) is 0 Å². The van der Waals surface area contributed by atoms with Gasteiger partial charge in [0.15, 0.2) is 0 Å². The summed E-state index contributed by atoms with van der Waals surface area (Å²) in [7, 11) is 0. The van der Waals surface area contributed by atoms with E-state index in [9.17, 15) is 4.79 Å². The van der Waals surface area contributed by atoms with Crippen LogP contribution in [0.1, 0.15) is 5.69 Å². The normalized spacial score (nSPS) is 17.0. The van der Waals surface area contributed by atoms with E-state index in [0.717, 1.165) is 30.3 Å². The van der Waals surface area contributed by atoms with Gasteiger partial charge in [0.05, 0.1) is 17.6 Å². The Morgan fingerprint density at radius 2 is 2.29 bits per heavy atom. The highest BCUT2D eigenvalue weighted by atomic mass is 32.2. The van der Waals surface area contributed by atoms with Crippen molar-refractivity contribution in [3.63, 3.8) is 0 Å². The zero-order chi connectivity index (χ0) is 9.80. The van der Waals surface area contributed by atoms with Gasteiger partial charge in [-0.1, -0.05) is 0 Å². The monoisotopic (exact) mass is 228 g/mol. The average Bonchev–Trinajstić information content (AvgIpc) is 2.72. The van der Waals surface area contributed by atoms with Gasteiger partial charge in [0, 0.05) is 30.0 Å². The highest BCUT2D eigenvalue weighted by molar-refractivity contribution is 7.99. The number of nitrogens with zero attached hydrogens (tertiary/aromatic N) is 2. The van der Waals surface area contributed by atoms with Crippen molar-refractivity contribution >= 4 is 29.0 Å². The summed E-state index contributed by atoms with van der Waals surface area (Å²) in [5.41, 5.74) is 2.67. The molecule has 0 aliphatic carbocycles. The maximum atomic E-state index is 11.7. The predicted octanol–water partition coefficient (Wildman–Crippen LogP) is 1.26. The summed E-state index contributed by atoms with van der Waals surface area (Å²) in [6.07, 6.45) is 0.466. The van der Waals surface area contributed by atoms with Crippen LogP contribution in [0, 0.1) is 0 Å². The molecular weight excluding hydrogens is 216 g/mol. The van der Waals surface area contributed by atoms with E-state index < -0.39 is 0 Å². The molecule has 0 atom stereocenters. The minimum atomic E-state index is 0.219. The van der Waals surface area contributed by atoms with E-state index in [2.05, 4.69) is 4.98 Å². The predicted molar refractivity (Wildman–Crippen MR) is 59.7 cm³/mol. The zero-order valence-electron chi connectivity index (χ0n) is 7.81. The molecule has 1 amide bonds. The fourth-order valence-corrected chi connectivity index (χ4v) is 2.87. The first-order valence-electron chi connectivity index (χ1n) is 4.59. The molecule has 1 aliphatic rings. The molecule has 0 bridgehead atoms. The van der Waals surface area contributed by atoms with Gasteiger partial charge in [-0.05, 0) is 0 Å². The summed E-state index contributed by atoms with van der Waals surface area (Å²) >= 11 is 3.46. The van der Waals surface area contributed by atoms with Crippen LogP contribution >= 0.6 is 23.1 Å². The van der Waals surface area contributed by atoms with Gasteiger partial charge in [-0.25, -0.2) is 4.98 Å². The molecule has 3 nitrogen and oxygen atoms in total. The van der Waals surface area contributed by atoms with Crippen LogP contribution in [0.2, 0.25) is 0 Å². The molecule has 0 N–H and O–H groups in total. The van der Waals surface area contributed by atoms with Crippen molar-refractivity contribution in [1.82, 2.24) is 9.88 Å². The summed E-state index contributed by atoms with van der Waals surface area (Å²) in [6, 6.07) is 0. The Bertz CT molecular complexity index is 294. The number of rotatable bonds is 2. The van der Waals surface area contributed by atoms with E-state index >= 15 is 0 Å². The molecule has 0 unspecified atom stereocenters. The van der Waals surface area contributed by atoms with Crippen molar-refractivity contribution in [3.05, 3.63) is 16.6 Å². The fourth-order valence-electron chi connectivity index (χ4n) is 1.40. The molecular formula is C9H12N2OS2. The number of hydrogen-bond donors (Lipinski definition) is 0. The maximum absolute atomic E-state index is 11.7. The van der Waals surface area contributed by atoms with E-state index in [1.807, 2.05) is 22.0 Å². The lowest BCUT2D eigenvalue weighted by molar-refractivity contribution is -0.130. The fraction of sp³-hybridized carbons (Fsp3) is 0.556. The number of carbonyl (C=O) groups excluding carboxylic acids is 1. The Balaban J connectivity index is 1.88. The standard InChI is InChI=1S/C9H12N2OS2/c12-9(5-8-6-14-7-10-8)11-1-3-13-4-2-11/h6-7H,1-5H2. The number of aromatic nitrogens is 1. The maximum Gasteiger partial charge on any atom is 0.228 e. The lowest BCUT2D eigenvalue weighted by atomic mass is 10.3. The smallest absolute Gasteiger partial charge is 0.228 e. The highest BCUT2D eigenvalue weighted by Gasteiger charge is 2.17. The molecule has 2 heterocycles. The Hall–Kier alpha value is -0.550. The van der Waals surface area contributed by atoms with E-state index in [4.69, 9.17) is 0 Å². The summed E-state index contributed by atoms with van der Waals surface area (Å²) < 4.78 is 0. The number of carbonyl (C=O) groups is 1. The van der Waals surface area contributed by atoms with Crippen molar-refractivity contribution < 1.29 is 4.79 Å². The lowest BCUT2D eigenvalue weighted by Crippen LogP contribution is -2.38. The van der Waals surface area contributed by atoms with E-state index in [0.29, 0.717) is 6.42 Å². The molecule has 1 saturated heterocycles. The minimum Gasteiger partial charge on any atom is -0.341 e. The van der Waals surface area contributed by atoms with Crippen LogP contribution < -0.4 is 0 Å². The number of amides is 1. The lowest BCUT2D eigenvalue weighted by Gasteiger charge is -2.26. The van der Waals surface area contributed by atoms with Crippen LogP contribution in [0.3, 0.4) is 0 Å². The van der Waals surface area contributed by atoms with Crippen LogP contribution in [-0.2, 0) is 11.2 Å². The van der Waals surface area contributed by atoms with Gasteiger partial charge >= 0.3 is 0 Å². The van der Waals surface area contributed by atoms with Gasteiger partial charge in [-0.15, -0.1) is 11.3 Å². The summed E-state index contributed by atoms with van der Waals surface area (Å²) in [5, 5.41) is 1.94. The third-order valence-corrected chi connectivity index (χ3v) is 3.76. The van der Waals surface area contributed by atoms with Gasteiger partial charge in [0.25, 0.3) is 0 Å². The van der Waals surface area contributed by atoms with E-state index in [-0.39, 0.29) is 5.91 Å². The largest absolute Gasteiger partial charge is 0.341 e. The first-order chi connectivity index (χ1) is 6.86. The Labute approximate surface area is 91.5 Å². The van der Waals surface area contributed by atoms with E-state index in [1.165, 1.54) is 0 Å². The zero-order valence-corrected chi connectivity index (χ0v) is 9.44. The molecule has 0 saturated carbocycles. The van der Waals surface area contributed by atoms with Gasteiger partial charge in [0.1, 0.15) is 0 Å². The van der Waals surface area contributed by atoms with Gasteiger partial charge < -0.3 is 4.90 Å². The Kier molecular flexibility index (Phi) is 3.42. The topological polar surface area (TPSA) is 33.2 Å². The molecule has 1 fully saturated rings. The van der Waals surface area contributed by atoms with Crippen LogP contribution in [0.5, 0.6) is 0 Å². The van der Waals surface area contributed by atoms with Crippen molar-refractivity contribution in [1.29, 1.82) is 0 Å². The van der Waals surface area contributed by atoms with Crippen LogP contribution in [0.15, 0.2) is 10.9 Å². The highest BCUT2D eigenvalue weighted by Crippen LogP contribution is 2.11. The van der Waals surface area contributed by atoms with Gasteiger partial charge in [-0.2, -0.15) is 11.8 Å². The Morgan fingerprint density at radius 3 is 2.93 bits per heavy atom. The van der Waals surface area contributed by atoms with E-state index in [1.54, 1.807) is 16.8 Å². The second-order valence-electron chi connectivity index (χ2n) is 3.15. The molecule has 5 heteroatoms. The minimum absolute atomic E-state index is 0.219. The third kappa shape index (κ3) is 2.48. The molecule has 0 spiro atoms. The molecule has 1 aromatic rings. The van der Waals surface area contributed by atoms with Crippen LogP contribution in [0.25, 0.3) is 0 Å². The van der Waals surface area contributed by atoms with Gasteiger partial charge in [0.2, 0.25) is 5.91 Å². The number of thioether (sulfide) groups is 1. The summed E-state index contributed by atoms with van der Waals surface area (Å²) in [5.74, 6) is 2.36. The molecule has 14 heavy (non-hydrogen) atoms. The molecule has 1 aromatic heterocycles. The first-order valence-corrected chi connectivity index (χ1v) is 6.68. The third-order valence-electron chi connectivity index (χ3n) is 2.18. The number of hydrogen-bond acceptors (Lipinski definition) is 4. The second-order valence-corrected chi connectivity index (χ2v) is 5.09. The Morgan fingerprint density at radius 1 is 1.50 bits per heavy atom. The molecule has 0 radical (unpaired) electrons. The summed E-state index contributed by atoms with van der Waals surface area (Å²) in [4.78, 5) is 17.8. The quantitative estimate of drug-likeness (QED) is 0.764. The average molecular weight is 228 g/mol. The van der Waals surface area contributed by atoms with Crippen LogP contribution in [-0.4, -0.2) is 40.4 Å².